The zero-order valence-electron chi connectivity index (χ0n) is 7.20. The van der Waals surface area contributed by atoms with Gasteiger partial charge in [-0.15, -0.1) is 11.6 Å². The van der Waals surface area contributed by atoms with Crippen LogP contribution in [0.1, 0.15) is 5.56 Å². The summed E-state index contributed by atoms with van der Waals surface area (Å²) in [5, 5.41) is 0. The van der Waals surface area contributed by atoms with Crippen LogP contribution in [0.3, 0.4) is 0 Å². The molecule has 78 valence electrons. The highest BCUT2D eigenvalue weighted by atomic mass is 79.9. The van der Waals surface area contributed by atoms with Crippen molar-refractivity contribution in [2.45, 2.75) is 5.75 Å². The van der Waals surface area contributed by atoms with Gasteiger partial charge in [-0.2, -0.15) is 11.8 Å². The summed E-state index contributed by atoms with van der Waals surface area (Å²) < 4.78 is 26.8. The summed E-state index contributed by atoms with van der Waals surface area (Å²) in [6, 6.07) is 2.62. The second kappa shape index (κ2) is 5.93. The minimum atomic E-state index is -0.521. The van der Waals surface area contributed by atoms with Crippen LogP contribution in [0.15, 0.2) is 16.6 Å². The van der Waals surface area contributed by atoms with Crippen LogP contribution >= 0.6 is 39.3 Å². The maximum Gasteiger partial charge on any atom is 0.144 e. The van der Waals surface area contributed by atoms with Gasteiger partial charge in [0.05, 0.1) is 4.47 Å². The molecular weight excluding hydrogens is 294 g/mol. The third kappa shape index (κ3) is 3.11. The van der Waals surface area contributed by atoms with E-state index in [4.69, 9.17) is 11.6 Å². The smallest absolute Gasteiger partial charge is 0.144 e. The van der Waals surface area contributed by atoms with Crippen LogP contribution < -0.4 is 0 Å². The zero-order chi connectivity index (χ0) is 10.6. The molecule has 5 heteroatoms. The fraction of sp³-hybridized carbons (Fsp3) is 0.333. The molecule has 0 amide bonds. The number of thioether (sulfide) groups is 1. The van der Waals surface area contributed by atoms with E-state index in [-0.39, 0.29) is 5.56 Å². The second-order valence-corrected chi connectivity index (χ2v) is 4.90. The van der Waals surface area contributed by atoms with Gasteiger partial charge < -0.3 is 0 Å². The van der Waals surface area contributed by atoms with Crippen molar-refractivity contribution in [1.29, 1.82) is 0 Å². The topological polar surface area (TPSA) is 0 Å². The van der Waals surface area contributed by atoms with Gasteiger partial charge in [0.15, 0.2) is 0 Å². The fourth-order valence-electron chi connectivity index (χ4n) is 0.930. The van der Waals surface area contributed by atoms with Crippen molar-refractivity contribution < 1.29 is 8.78 Å². The summed E-state index contributed by atoms with van der Waals surface area (Å²) >= 11 is 9.88. The molecule has 0 unspecified atom stereocenters. The van der Waals surface area contributed by atoms with Crippen molar-refractivity contribution >= 4 is 39.3 Å². The summed E-state index contributed by atoms with van der Waals surface area (Å²) in [5.74, 6) is 0.457. The molecule has 0 heterocycles. The first kappa shape index (κ1) is 12.3. The Hall–Kier alpha value is 0.200. The Morgan fingerprint density at radius 2 is 2.07 bits per heavy atom. The highest BCUT2D eigenvalue weighted by Crippen LogP contribution is 2.25. The van der Waals surface area contributed by atoms with E-state index in [1.807, 2.05) is 0 Å². The van der Waals surface area contributed by atoms with Crippen molar-refractivity contribution in [3.63, 3.8) is 0 Å². The lowest BCUT2D eigenvalue weighted by molar-refractivity contribution is 0.562. The minimum Gasteiger partial charge on any atom is -0.207 e. The standard InChI is InChI=1S/C9H8BrClF2S/c10-7-1-2-8(12)6(9(7)13)5-14-4-3-11/h1-2H,3-5H2. The molecule has 1 aromatic rings. The highest BCUT2D eigenvalue weighted by molar-refractivity contribution is 9.10. The normalized spacial score (nSPS) is 10.6. The lowest BCUT2D eigenvalue weighted by atomic mass is 10.2. The molecule has 0 bridgehead atoms. The molecular formula is C9H8BrClF2S. The summed E-state index contributed by atoms with van der Waals surface area (Å²) in [5.41, 5.74) is 0.106. The summed E-state index contributed by atoms with van der Waals surface area (Å²) in [7, 11) is 0. The summed E-state index contributed by atoms with van der Waals surface area (Å²) in [6.07, 6.45) is 0. The van der Waals surface area contributed by atoms with Crippen LogP contribution in [0, 0.1) is 11.6 Å². The number of benzene rings is 1. The van der Waals surface area contributed by atoms with Gasteiger partial charge in [0, 0.05) is 22.9 Å². The van der Waals surface area contributed by atoms with Gasteiger partial charge in [-0.25, -0.2) is 8.78 Å². The molecule has 0 atom stereocenters. The van der Waals surface area contributed by atoms with E-state index in [1.165, 1.54) is 23.9 Å². The van der Waals surface area contributed by atoms with E-state index in [0.717, 1.165) is 0 Å². The molecule has 0 nitrogen and oxygen atoms in total. The van der Waals surface area contributed by atoms with Crippen molar-refractivity contribution in [2.24, 2.45) is 0 Å². The van der Waals surface area contributed by atoms with Crippen LogP contribution in [-0.2, 0) is 5.75 Å². The Bertz CT molecular complexity index is 320. The monoisotopic (exact) mass is 300 g/mol. The van der Waals surface area contributed by atoms with Crippen molar-refractivity contribution in [3.8, 4) is 0 Å². The fourth-order valence-corrected chi connectivity index (χ4v) is 2.35. The Balaban J connectivity index is 2.79. The Kier molecular flexibility index (Phi) is 5.20. The first-order valence-electron chi connectivity index (χ1n) is 3.93. The molecule has 0 fully saturated rings. The van der Waals surface area contributed by atoms with Gasteiger partial charge in [-0.1, -0.05) is 0 Å². The van der Waals surface area contributed by atoms with E-state index >= 15 is 0 Å². The average molecular weight is 302 g/mol. The van der Waals surface area contributed by atoms with Crippen LogP contribution in [0.4, 0.5) is 8.78 Å². The molecule has 0 aromatic heterocycles. The van der Waals surface area contributed by atoms with Gasteiger partial charge in [0.2, 0.25) is 0 Å². The van der Waals surface area contributed by atoms with Crippen molar-refractivity contribution in [2.75, 3.05) is 11.6 Å². The largest absolute Gasteiger partial charge is 0.207 e. The molecule has 0 aliphatic rings. The number of hydrogen-bond donors (Lipinski definition) is 0. The van der Waals surface area contributed by atoms with Gasteiger partial charge in [0.1, 0.15) is 11.6 Å². The number of halogens is 4. The van der Waals surface area contributed by atoms with E-state index in [1.54, 1.807) is 0 Å². The molecule has 0 saturated heterocycles. The van der Waals surface area contributed by atoms with Crippen LogP contribution in [0.5, 0.6) is 0 Å². The predicted molar refractivity (Wildman–Crippen MR) is 60.9 cm³/mol. The molecule has 0 N–H and O–H groups in total. The van der Waals surface area contributed by atoms with Gasteiger partial charge in [0.25, 0.3) is 0 Å². The van der Waals surface area contributed by atoms with Crippen molar-refractivity contribution in [1.82, 2.24) is 0 Å². The van der Waals surface area contributed by atoms with Crippen molar-refractivity contribution in [3.05, 3.63) is 33.8 Å². The summed E-state index contributed by atoms with van der Waals surface area (Å²) in [4.78, 5) is 0. The molecule has 0 saturated carbocycles. The van der Waals surface area contributed by atoms with Gasteiger partial charge in [-0.05, 0) is 28.1 Å². The molecule has 1 rings (SSSR count). The molecule has 14 heavy (non-hydrogen) atoms. The predicted octanol–water partition coefficient (Wildman–Crippen LogP) is 4.20. The van der Waals surface area contributed by atoms with Gasteiger partial charge >= 0.3 is 0 Å². The molecule has 0 aliphatic heterocycles. The van der Waals surface area contributed by atoms with E-state index in [0.29, 0.717) is 21.9 Å². The lowest BCUT2D eigenvalue weighted by Gasteiger charge is -2.05. The van der Waals surface area contributed by atoms with Crippen LogP contribution in [0.2, 0.25) is 0 Å². The minimum absolute atomic E-state index is 0.106. The van der Waals surface area contributed by atoms with Crippen LogP contribution in [0.25, 0.3) is 0 Å². The Morgan fingerprint density at radius 3 is 2.71 bits per heavy atom. The first-order chi connectivity index (χ1) is 6.66. The first-order valence-corrected chi connectivity index (χ1v) is 6.41. The highest BCUT2D eigenvalue weighted by Gasteiger charge is 2.11. The quantitative estimate of drug-likeness (QED) is 0.456. The Labute approximate surface area is 99.2 Å². The number of rotatable bonds is 4. The average Bonchev–Trinajstić information content (AvgIpc) is 2.18. The van der Waals surface area contributed by atoms with E-state index < -0.39 is 11.6 Å². The maximum absolute atomic E-state index is 13.4. The van der Waals surface area contributed by atoms with Gasteiger partial charge in [-0.3, -0.25) is 0 Å². The molecule has 1 aromatic carbocycles. The van der Waals surface area contributed by atoms with E-state index in [2.05, 4.69) is 15.9 Å². The summed E-state index contributed by atoms with van der Waals surface area (Å²) in [6.45, 7) is 0. The van der Waals surface area contributed by atoms with Crippen LogP contribution in [-0.4, -0.2) is 11.6 Å². The van der Waals surface area contributed by atoms with E-state index in [9.17, 15) is 8.78 Å². The Morgan fingerprint density at radius 1 is 1.36 bits per heavy atom. The SMILES string of the molecule is Fc1ccc(Br)c(F)c1CSCCCl. The third-order valence-electron chi connectivity index (χ3n) is 1.61. The zero-order valence-corrected chi connectivity index (χ0v) is 10.4. The maximum atomic E-state index is 13.4. The second-order valence-electron chi connectivity index (χ2n) is 2.56. The third-order valence-corrected chi connectivity index (χ3v) is 3.62. The number of hydrogen-bond acceptors (Lipinski definition) is 1. The molecule has 0 radical (unpaired) electrons. The number of alkyl halides is 1. The molecule has 0 aliphatic carbocycles. The lowest BCUT2D eigenvalue weighted by Crippen LogP contribution is -1.95. The molecule has 0 spiro atoms.